The molecule has 1 atom stereocenters. The van der Waals surface area contributed by atoms with Crippen LogP contribution in [0.3, 0.4) is 0 Å². The fourth-order valence-corrected chi connectivity index (χ4v) is 1.83. The van der Waals surface area contributed by atoms with Crippen molar-refractivity contribution in [3.8, 4) is 0 Å². The summed E-state index contributed by atoms with van der Waals surface area (Å²) >= 11 is 0. The van der Waals surface area contributed by atoms with Crippen molar-refractivity contribution in [3.05, 3.63) is 47.7 Å². The molecule has 17 heavy (non-hydrogen) atoms. The molecule has 1 aromatic rings. The zero-order chi connectivity index (χ0) is 11.5. The molecule has 2 rings (SSSR count). The first-order valence-electron chi connectivity index (χ1n) is 5.56. The van der Waals surface area contributed by atoms with Gasteiger partial charge in [-0.1, -0.05) is 19.9 Å². The van der Waals surface area contributed by atoms with Gasteiger partial charge in [0.2, 0.25) is 0 Å². The van der Waals surface area contributed by atoms with Gasteiger partial charge in [0.1, 0.15) is 0 Å². The van der Waals surface area contributed by atoms with Crippen LogP contribution in [0.1, 0.15) is 25.8 Å². The first-order chi connectivity index (χ1) is 7.66. The summed E-state index contributed by atoms with van der Waals surface area (Å²) in [6.45, 7) is 4.19. The Bertz CT molecular complexity index is 409. The maximum Gasteiger partial charge on any atom is 1.00 e. The van der Waals surface area contributed by atoms with Crippen LogP contribution < -0.4 is 0 Å². The number of esters is 1. The number of carbonyl (C=O) groups is 1. The van der Waals surface area contributed by atoms with Crippen LogP contribution in [0.4, 0.5) is 0 Å². The average molecular weight is 279 g/mol. The van der Waals surface area contributed by atoms with E-state index in [1.165, 1.54) is 0 Å². The van der Waals surface area contributed by atoms with Gasteiger partial charge in [0.15, 0.2) is 0 Å². The molecule has 0 radical (unpaired) electrons. The van der Waals surface area contributed by atoms with Crippen LogP contribution in [0.2, 0.25) is 0 Å². The smallest absolute Gasteiger partial charge is 0.445 e. The quantitative estimate of drug-likeness (QED) is 0.472. The second-order valence-electron chi connectivity index (χ2n) is 4.38. The summed E-state index contributed by atoms with van der Waals surface area (Å²) in [5.74, 6) is 1.12. The van der Waals surface area contributed by atoms with Gasteiger partial charge in [0.25, 0.3) is 0 Å². The third kappa shape index (κ3) is 3.45. The molecule has 0 spiro atoms. The standard InChI is InChI=1S/C14H15O2.Cu/c1-10(2)12-9-14(15)16-13(12)8-11-6-4-3-5-7-11;/h3-7,10,12H,9H2,1-2H3;/q-1;+1. The third-order valence-corrected chi connectivity index (χ3v) is 2.79. The van der Waals surface area contributed by atoms with Gasteiger partial charge in [0.05, 0.1) is 12.2 Å². The molecular weight excluding hydrogens is 264 g/mol. The Morgan fingerprint density at radius 3 is 2.53 bits per heavy atom. The van der Waals surface area contributed by atoms with E-state index in [1.807, 2.05) is 30.3 Å². The molecule has 1 heterocycles. The minimum Gasteiger partial charge on any atom is -0.445 e. The normalized spacial score (nSPS) is 21.5. The number of benzene rings is 1. The molecule has 0 aliphatic carbocycles. The Kier molecular flexibility index (Phi) is 4.98. The van der Waals surface area contributed by atoms with Crippen LogP contribution >= 0.6 is 0 Å². The molecule has 0 N–H and O–H groups in total. The van der Waals surface area contributed by atoms with Crippen molar-refractivity contribution in [3.63, 3.8) is 0 Å². The van der Waals surface area contributed by atoms with E-state index in [0.29, 0.717) is 18.1 Å². The van der Waals surface area contributed by atoms with Gasteiger partial charge in [-0.15, -0.1) is 18.2 Å². The number of allylic oxidation sites excluding steroid dienone is 1. The van der Waals surface area contributed by atoms with Crippen LogP contribution in [0.15, 0.2) is 36.1 Å². The minimum atomic E-state index is -0.142. The topological polar surface area (TPSA) is 26.3 Å². The molecule has 0 aromatic heterocycles. The molecule has 94 valence electrons. The van der Waals surface area contributed by atoms with Crippen molar-refractivity contribution in [1.82, 2.24) is 0 Å². The Hall–Kier alpha value is -1.05. The van der Waals surface area contributed by atoms with Crippen molar-refractivity contribution < 1.29 is 26.6 Å². The SMILES string of the molecule is CC(C)C1CC(=O)OC1=[C-]c1ccccc1.[Cu+]. The zero-order valence-electron chi connectivity index (χ0n) is 9.87. The van der Waals surface area contributed by atoms with Crippen molar-refractivity contribution in [2.24, 2.45) is 11.8 Å². The molecule has 3 heteroatoms. The predicted molar refractivity (Wildman–Crippen MR) is 61.3 cm³/mol. The van der Waals surface area contributed by atoms with E-state index in [4.69, 9.17) is 4.74 Å². The van der Waals surface area contributed by atoms with Crippen LogP contribution in [0.5, 0.6) is 0 Å². The molecule has 1 saturated heterocycles. The number of hydrogen-bond donors (Lipinski definition) is 0. The summed E-state index contributed by atoms with van der Waals surface area (Å²) in [4.78, 5) is 11.3. The third-order valence-electron chi connectivity index (χ3n) is 2.79. The summed E-state index contributed by atoms with van der Waals surface area (Å²) in [7, 11) is 0. The Labute approximate surface area is 113 Å². The van der Waals surface area contributed by atoms with Crippen LogP contribution in [-0.4, -0.2) is 5.97 Å². The van der Waals surface area contributed by atoms with E-state index in [1.54, 1.807) is 0 Å². The Morgan fingerprint density at radius 1 is 1.29 bits per heavy atom. The Morgan fingerprint density at radius 2 is 1.94 bits per heavy atom. The molecule has 1 aromatic carbocycles. The summed E-state index contributed by atoms with van der Waals surface area (Å²) in [5, 5.41) is 0. The summed E-state index contributed by atoms with van der Waals surface area (Å²) in [6.07, 6.45) is 3.66. The molecule has 1 aliphatic heterocycles. The van der Waals surface area contributed by atoms with E-state index >= 15 is 0 Å². The van der Waals surface area contributed by atoms with Gasteiger partial charge >= 0.3 is 23.0 Å². The van der Waals surface area contributed by atoms with Gasteiger partial charge < -0.3 is 4.74 Å². The first kappa shape index (κ1) is 14.0. The van der Waals surface area contributed by atoms with Crippen molar-refractivity contribution in [2.45, 2.75) is 20.3 Å². The maximum atomic E-state index is 11.3. The summed E-state index contributed by atoms with van der Waals surface area (Å²) < 4.78 is 5.21. The van der Waals surface area contributed by atoms with Gasteiger partial charge in [-0.05, 0) is 5.92 Å². The van der Waals surface area contributed by atoms with Gasteiger partial charge in [0, 0.05) is 5.92 Å². The number of ether oxygens (including phenoxy) is 1. The van der Waals surface area contributed by atoms with Gasteiger partial charge in [-0.2, -0.15) is 17.7 Å². The van der Waals surface area contributed by atoms with Crippen LogP contribution in [0.25, 0.3) is 0 Å². The second kappa shape index (κ2) is 6.04. The molecule has 1 unspecified atom stereocenters. The minimum absolute atomic E-state index is 0. The van der Waals surface area contributed by atoms with E-state index in [2.05, 4.69) is 19.9 Å². The molecule has 1 aliphatic rings. The zero-order valence-corrected chi connectivity index (χ0v) is 10.8. The second-order valence-corrected chi connectivity index (χ2v) is 4.38. The molecule has 0 saturated carbocycles. The van der Waals surface area contributed by atoms with Crippen molar-refractivity contribution in [1.29, 1.82) is 0 Å². The van der Waals surface area contributed by atoms with Crippen LogP contribution in [0, 0.1) is 17.9 Å². The molecular formula is C14H15CuO2. The first-order valence-corrected chi connectivity index (χ1v) is 5.56. The molecule has 2 nitrogen and oxygen atoms in total. The van der Waals surface area contributed by atoms with Crippen molar-refractivity contribution in [2.75, 3.05) is 0 Å². The van der Waals surface area contributed by atoms with E-state index in [9.17, 15) is 4.79 Å². The van der Waals surface area contributed by atoms with E-state index in [-0.39, 0.29) is 29.0 Å². The average Bonchev–Trinajstić information content (AvgIpc) is 2.61. The largest absolute Gasteiger partial charge is 1.00 e. The molecule has 1 fully saturated rings. The number of cyclic esters (lactones) is 1. The summed E-state index contributed by atoms with van der Waals surface area (Å²) in [6, 6.07) is 9.76. The monoisotopic (exact) mass is 278 g/mol. The number of rotatable bonds is 2. The summed E-state index contributed by atoms with van der Waals surface area (Å²) in [5.41, 5.74) is 0.956. The van der Waals surface area contributed by atoms with E-state index in [0.717, 1.165) is 5.56 Å². The van der Waals surface area contributed by atoms with E-state index < -0.39 is 0 Å². The Balaban J connectivity index is 0.00000144. The predicted octanol–water partition coefficient (Wildman–Crippen LogP) is 2.94. The number of carbonyl (C=O) groups excluding carboxylic acids is 1. The molecule has 0 bridgehead atoms. The maximum absolute atomic E-state index is 11.3. The van der Waals surface area contributed by atoms with Gasteiger partial charge in [-0.25, -0.2) is 0 Å². The number of hydrogen-bond acceptors (Lipinski definition) is 2. The van der Waals surface area contributed by atoms with Gasteiger partial charge in [-0.3, -0.25) is 4.79 Å². The fraction of sp³-hybridized carbons (Fsp3) is 0.357. The van der Waals surface area contributed by atoms with Crippen LogP contribution in [-0.2, 0) is 26.6 Å². The fourth-order valence-electron chi connectivity index (χ4n) is 1.83. The molecule has 0 amide bonds. The van der Waals surface area contributed by atoms with Crippen molar-refractivity contribution >= 4 is 5.97 Å².